The molecule has 0 bridgehead atoms. The summed E-state index contributed by atoms with van der Waals surface area (Å²) in [7, 11) is 1.86. The lowest BCUT2D eigenvalue weighted by Crippen LogP contribution is -2.49. The van der Waals surface area contributed by atoms with Gasteiger partial charge in [0.2, 0.25) is 0 Å². The second-order valence-electron chi connectivity index (χ2n) is 5.96. The van der Waals surface area contributed by atoms with E-state index in [1.165, 1.54) is 0 Å². The minimum atomic E-state index is -0.520. The minimum Gasteiger partial charge on any atom is -0.442 e. The molecule has 0 saturated carbocycles. The second kappa shape index (κ2) is 8.39. The number of carbonyl (C=O) groups is 1. The highest BCUT2D eigenvalue weighted by Gasteiger charge is 2.25. The number of hydrazine groups is 1. The number of halogens is 1. The summed E-state index contributed by atoms with van der Waals surface area (Å²) < 4.78 is 6.51. The van der Waals surface area contributed by atoms with Crippen LogP contribution in [0.25, 0.3) is 0 Å². The molecule has 0 aliphatic carbocycles. The van der Waals surface area contributed by atoms with Crippen molar-refractivity contribution in [3.8, 4) is 0 Å². The Balaban J connectivity index is 2.87. The largest absolute Gasteiger partial charge is 0.442 e. The summed E-state index contributed by atoms with van der Waals surface area (Å²) in [5, 5.41) is 6.65. The van der Waals surface area contributed by atoms with Crippen LogP contribution in [-0.2, 0) is 4.74 Å². The van der Waals surface area contributed by atoms with Crippen LogP contribution in [0.5, 0.6) is 0 Å². The number of hydrogen-bond donors (Lipinski definition) is 1. The fraction of sp³-hybridized carbons (Fsp3) is 0.562. The molecule has 0 fully saturated rings. The maximum Gasteiger partial charge on any atom is 0.429 e. The van der Waals surface area contributed by atoms with Crippen molar-refractivity contribution < 1.29 is 9.53 Å². The Kier molecular flexibility index (Phi) is 7.16. The van der Waals surface area contributed by atoms with Crippen LogP contribution < -0.4 is 10.3 Å². The van der Waals surface area contributed by atoms with Crippen LogP contribution in [0.3, 0.4) is 0 Å². The Morgan fingerprint density at radius 2 is 1.86 bits per heavy atom. The average molecular weight is 372 g/mol. The molecule has 1 rings (SSSR count). The van der Waals surface area contributed by atoms with Gasteiger partial charge in [-0.15, -0.1) is 0 Å². The van der Waals surface area contributed by atoms with Crippen molar-refractivity contribution in [2.24, 2.45) is 0 Å². The molecule has 124 valence electrons. The molecule has 1 aromatic rings. The molecule has 0 aliphatic rings. The molecule has 0 heterocycles. The zero-order chi connectivity index (χ0) is 16.8. The lowest BCUT2D eigenvalue weighted by atomic mass is 10.2. The first-order valence-corrected chi connectivity index (χ1v) is 8.24. The number of benzene rings is 1. The van der Waals surface area contributed by atoms with Gasteiger partial charge in [0.1, 0.15) is 5.60 Å². The van der Waals surface area contributed by atoms with Gasteiger partial charge in [0.25, 0.3) is 0 Å². The van der Waals surface area contributed by atoms with Crippen LogP contribution in [0.15, 0.2) is 28.7 Å². The van der Waals surface area contributed by atoms with Crippen molar-refractivity contribution in [1.29, 1.82) is 0 Å². The highest BCUT2D eigenvalue weighted by molar-refractivity contribution is 9.10. The molecule has 0 atom stereocenters. The van der Waals surface area contributed by atoms with Crippen molar-refractivity contribution in [2.75, 3.05) is 31.7 Å². The van der Waals surface area contributed by atoms with Gasteiger partial charge in [0.15, 0.2) is 0 Å². The number of anilines is 1. The zero-order valence-electron chi connectivity index (χ0n) is 14.0. The Bertz CT molecular complexity index is 471. The number of ether oxygens (including phenoxy) is 1. The van der Waals surface area contributed by atoms with E-state index >= 15 is 0 Å². The number of rotatable bonds is 6. The van der Waals surface area contributed by atoms with E-state index in [0.29, 0.717) is 13.1 Å². The third-order valence-corrected chi connectivity index (χ3v) is 3.45. The summed E-state index contributed by atoms with van der Waals surface area (Å²) in [5.74, 6) is 0. The standard InChI is InChI=1S/C16H26BrN3O2/c1-6-18-11-12-20(15(21)22-16(2,3)4)19(5)14-9-7-13(17)8-10-14/h7-10,18H,6,11-12H2,1-5H3. The fourth-order valence-electron chi connectivity index (χ4n) is 1.84. The van der Waals surface area contributed by atoms with E-state index in [0.717, 1.165) is 16.7 Å². The molecule has 1 aromatic carbocycles. The molecule has 0 spiro atoms. The quantitative estimate of drug-likeness (QED) is 0.612. The SMILES string of the molecule is CCNCCN(C(=O)OC(C)(C)C)N(C)c1ccc(Br)cc1. The summed E-state index contributed by atoms with van der Waals surface area (Å²) in [6, 6.07) is 7.80. The lowest BCUT2D eigenvalue weighted by Gasteiger charge is -2.35. The fourth-order valence-corrected chi connectivity index (χ4v) is 2.10. The van der Waals surface area contributed by atoms with Crippen LogP contribution in [0.1, 0.15) is 27.7 Å². The molecule has 0 radical (unpaired) electrons. The average Bonchev–Trinajstić information content (AvgIpc) is 2.42. The molecule has 1 N–H and O–H groups in total. The van der Waals surface area contributed by atoms with Crippen LogP contribution in [0.4, 0.5) is 10.5 Å². The van der Waals surface area contributed by atoms with E-state index in [1.54, 1.807) is 5.01 Å². The van der Waals surface area contributed by atoms with Gasteiger partial charge in [-0.1, -0.05) is 22.9 Å². The molecule has 22 heavy (non-hydrogen) atoms. The summed E-state index contributed by atoms with van der Waals surface area (Å²) in [4.78, 5) is 12.5. The number of nitrogens with one attached hydrogen (secondary N) is 1. The molecule has 0 saturated heterocycles. The summed E-state index contributed by atoms with van der Waals surface area (Å²) in [5.41, 5.74) is 0.402. The number of carbonyl (C=O) groups excluding carboxylic acids is 1. The van der Waals surface area contributed by atoms with E-state index in [2.05, 4.69) is 21.2 Å². The molecule has 5 nitrogen and oxygen atoms in total. The van der Waals surface area contributed by atoms with Gasteiger partial charge in [-0.25, -0.2) is 9.80 Å². The van der Waals surface area contributed by atoms with Gasteiger partial charge in [-0.3, -0.25) is 5.01 Å². The number of amides is 1. The van der Waals surface area contributed by atoms with E-state index in [4.69, 9.17) is 4.74 Å². The van der Waals surface area contributed by atoms with Gasteiger partial charge >= 0.3 is 6.09 Å². The minimum absolute atomic E-state index is 0.351. The molecular formula is C16H26BrN3O2. The number of hydrogen-bond acceptors (Lipinski definition) is 4. The van der Waals surface area contributed by atoms with Crippen molar-refractivity contribution in [1.82, 2.24) is 10.3 Å². The second-order valence-corrected chi connectivity index (χ2v) is 6.87. The van der Waals surface area contributed by atoms with Crippen LogP contribution >= 0.6 is 15.9 Å². The van der Waals surface area contributed by atoms with Crippen molar-refractivity contribution in [2.45, 2.75) is 33.3 Å². The van der Waals surface area contributed by atoms with Crippen LogP contribution in [0, 0.1) is 0 Å². The Morgan fingerprint density at radius 3 is 2.36 bits per heavy atom. The van der Waals surface area contributed by atoms with Crippen molar-refractivity contribution >= 4 is 27.7 Å². The summed E-state index contributed by atoms with van der Waals surface area (Å²) in [6.07, 6.45) is -0.351. The molecule has 1 amide bonds. The van der Waals surface area contributed by atoms with Crippen LogP contribution in [-0.4, -0.2) is 43.4 Å². The summed E-state index contributed by atoms with van der Waals surface area (Å²) >= 11 is 3.42. The van der Waals surface area contributed by atoms with E-state index in [1.807, 2.05) is 64.0 Å². The first kappa shape index (κ1) is 18.8. The molecular weight excluding hydrogens is 346 g/mol. The normalized spacial score (nSPS) is 11.2. The summed E-state index contributed by atoms with van der Waals surface area (Å²) in [6.45, 7) is 9.75. The van der Waals surface area contributed by atoms with Crippen LogP contribution in [0.2, 0.25) is 0 Å². The Hall–Kier alpha value is -1.27. The predicted molar refractivity (Wildman–Crippen MR) is 94.0 cm³/mol. The Morgan fingerprint density at radius 1 is 1.27 bits per heavy atom. The van der Waals surface area contributed by atoms with E-state index < -0.39 is 5.60 Å². The Labute approximate surface area is 141 Å². The third kappa shape index (κ3) is 6.23. The molecule has 0 aromatic heterocycles. The maximum atomic E-state index is 12.5. The number of nitrogens with zero attached hydrogens (tertiary/aromatic N) is 2. The molecule has 6 heteroatoms. The predicted octanol–water partition coefficient (Wildman–Crippen LogP) is 3.65. The third-order valence-electron chi connectivity index (χ3n) is 2.92. The maximum absolute atomic E-state index is 12.5. The molecule has 0 unspecified atom stereocenters. The highest BCUT2D eigenvalue weighted by atomic mass is 79.9. The van der Waals surface area contributed by atoms with Gasteiger partial charge in [0, 0.05) is 18.1 Å². The van der Waals surface area contributed by atoms with Gasteiger partial charge in [0.05, 0.1) is 12.2 Å². The van der Waals surface area contributed by atoms with Crippen molar-refractivity contribution in [3.05, 3.63) is 28.7 Å². The van der Waals surface area contributed by atoms with Gasteiger partial charge < -0.3 is 10.1 Å². The topological polar surface area (TPSA) is 44.8 Å². The van der Waals surface area contributed by atoms with E-state index in [-0.39, 0.29) is 6.09 Å². The lowest BCUT2D eigenvalue weighted by molar-refractivity contribution is 0.0239. The smallest absolute Gasteiger partial charge is 0.429 e. The van der Waals surface area contributed by atoms with E-state index in [9.17, 15) is 4.79 Å². The van der Waals surface area contributed by atoms with Gasteiger partial charge in [-0.05, 0) is 51.6 Å². The first-order valence-electron chi connectivity index (χ1n) is 7.45. The molecule has 0 aliphatic heterocycles. The highest BCUT2D eigenvalue weighted by Crippen LogP contribution is 2.20. The number of likely N-dealkylation sites (N-methyl/N-ethyl adjacent to an activating group) is 1. The van der Waals surface area contributed by atoms with Crippen molar-refractivity contribution in [3.63, 3.8) is 0 Å². The zero-order valence-corrected chi connectivity index (χ0v) is 15.6. The van der Waals surface area contributed by atoms with Gasteiger partial charge in [-0.2, -0.15) is 0 Å². The first-order chi connectivity index (χ1) is 10.2. The monoisotopic (exact) mass is 371 g/mol.